The van der Waals surface area contributed by atoms with Crippen LogP contribution in [0.15, 0.2) is 0 Å². The maximum Gasteiger partial charge on any atom is 0.0728 e. The summed E-state index contributed by atoms with van der Waals surface area (Å²) in [4.78, 5) is 0. The molecular formula is C7H15NO. The summed E-state index contributed by atoms with van der Waals surface area (Å²) in [5.74, 6) is 0. The summed E-state index contributed by atoms with van der Waals surface area (Å²) < 4.78 is 5.45. The van der Waals surface area contributed by atoms with Crippen LogP contribution < -0.4 is 5.73 Å². The van der Waals surface area contributed by atoms with Gasteiger partial charge in [-0.15, -0.1) is 0 Å². The van der Waals surface area contributed by atoms with Crippen LogP contribution in [-0.4, -0.2) is 17.7 Å². The van der Waals surface area contributed by atoms with E-state index in [4.69, 9.17) is 10.5 Å². The van der Waals surface area contributed by atoms with Crippen LogP contribution in [0.2, 0.25) is 0 Å². The van der Waals surface area contributed by atoms with Crippen molar-refractivity contribution in [3.05, 3.63) is 0 Å². The molecule has 2 N–H and O–H groups in total. The molecule has 0 bridgehead atoms. The molecule has 0 spiro atoms. The molecule has 1 aliphatic rings. The van der Waals surface area contributed by atoms with E-state index >= 15 is 0 Å². The van der Waals surface area contributed by atoms with Crippen molar-refractivity contribution < 1.29 is 4.74 Å². The van der Waals surface area contributed by atoms with Crippen LogP contribution in [0.5, 0.6) is 0 Å². The molecule has 1 rings (SSSR count). The lowest BCUT2D eigenvalue weighted by Gasteiger charge is -2.20. The molecule has 2 heteroatoms. The third kappa shape index (κ3) is 1.25. The molecule has 2 nitrogen and oxygen atoms in total. The van der Waals surface area contributed by atoms with Crippen molar-refractivity contribution in [2.24, 2.45) is 5.73 Å². The Kier molecular flexibility index (Phi) is 1.53. The van der Waals surface area contributed by atoms with Gasteiger partial charge in [-0.2, -0.15) is 0 Å². The van der Waals surface area contributed by atoms with Crippen molar-refractivity contribution in [3.8, 4) is 0 Å². The SMILES string of the molecule is C[C@@H]1C[C@](C)(N)[C@@H](C)O1. The number of hydrogen-bond acceptors (Lipinski definition) is 2. The van der Waals surface area contributed by atoms with Crippen molar-refractivity contribution in [1.82, 2.24) is 0 Å². The van der Waals surface area contributed by atoms with E-state index in [0.717, 1.165) is 6.42 Å². The highest BCUT2D eigenvalue weighted by Crippen LogP contribution is 2.26. The highest BCUT2D eigenvalue weighted by Gasteiger charge is 2.36. The Hall–Kier alpha value is -0.0800. The Morgan fingerprint density at radius 2 is 2.11 bits per heavy atom. The maximum absolute atomic E-state index is 5.89. The highest BCUT2D eigenvalue weighted by molar-refractivity contribution is 4.92. The van der Waals surface area contributed by atoms with E-state index in [-0.39, 0.29) is 11.6 Å². The van der Waals surface area contributed by atoms with Gasteiger partial charge in [-0.25, -0.2) is 0 Å². The molecule has 0 aliphatic carbocycles. The molecular weight excluding hydrogens is 114 g/mol. The lowest BCUT2D eigenvalue weighted by Crippen LogP contribution is -2.42. The van der Waals surface area contributed by atoms with E-state index in [1.165, 1.54) is 0 Å². The van der Waals surface area contributed by atoms with Crippen LogP contribution in [0.25, 0.3) is 0 Å². The lowest BCUT2D eigenvalue weighted by atomic mass is 9.95. The second-order valence-corrected chi connectivity index (χ2v) is 3.30. The van der Waals surface area contributed by atoms with Crippen LogP contribution in [0.4, 0.5) is 0 Å². The lowest BCUT2D eigenvalue weighted by molar-refractivity contribution is 0.0530. The predicted octanol–water partition coefficient (Wildman–Crippen LogP) is 0.901. The first-order valence-electron chi connectivity index (χ1n) is 3.47. The fraction of sp³-hybridized carbons (Fsp3) is 1.00. The van der Waals surface area contributed by atoms with Crippen LogP contribution in [0, 0.1) is 0 Å². The molecule has 1 saturated heterocycles. The smallest absolute Gasteiger partial charge is 0.0728 e. The van der Waals surface area contributed by atoms with Gasteiger partial charge >= 0.3 is 0 Å². The van der Waals surface area contributed by atoms with Gasteiger partial charge in [0.15, 0.2) is 0 Å². The Labute approximate surface area is 56.4 Å². The van der Waals surface area contributed by atoms with Gasteiger partial charge in [0.2, 0.25) is 0 Å². The van der Waals surface area contributed by atoms with Crippen LogP contribution in [-0.2, 0) is 4.74 Å². The van der Waals surface area contributed by atoms with Gasteiger partial charge in [0, 0.05) is 5.54 Å². The number of nitrogens with two attached hydrogens (primary N) is 1. The van der Waals surface area contributed by atoms with Gasteiger partial charge < -0.3 is 10.5 Å². The zero-order valence-corrected chi connectivity index (χ0v) is 6.35. The summed E-state index contributed by atoms with van der Waals surface area (Å²) in [6.45, 7) is 6.14. The largest absolute Gasteiger partial charge is 0.374 e. The summed E-state index contributed by atoms with van der Waals surface area (Å²) in [7, 11) is 0. The molecule has 9 heavy (non-hydrogen) atoms. The molecule has 0 radical (unpaired) electrons. The van der Waals surface area contributed by atoms with E-state index in [9.17, 15) is 0 Å². The second kappa shape index (κ2) is 1.96. The van der Waals surface area contributed by atoms with Crippen molar-refractivity contribution in [1.29, 1.82) is 0 Å². The van der Waals surface area contributed by atoms with Crippen molar-refractivity contribution in [2.75, 3.05) is 0 Å². The van der Waals surface area contributed by atoms with Crippen molar-refractivity contribution >= 4 is 0 Å². The summed E-state index contributed by atoms with van der Waals surface area (Å²) in [5, 5.41) is 0. The summed E-state index contributed by atoms with van der Waals surface area (Å²) in [6, 6.07) is 0. The minimum absolute atomic E-state index is 0.0978. The van der Waals surface area contributed by atoms with Crippen molar-refractivity contribution in [3.63, 3.8) is 0 Å². The zero-order valence-electron chi connectivity index (χ0n) is 6.35. The minimum atomic E-state index is -0.0978. The Balaban J connectivity index is 2.58. The number of rotatable bonds is 0. The van der Waals surface area contributed by atoms with Gasteiger partial charge in [-0.3, -0.25) is 0 Å². The highest BCUT2D eigenvalue weighted by atomic mass is 16.5. The Morgan fingerprint density at radius 3 is 2.22 bits per heavy atom. The molecule has 1 heterocycles. The normalized spacial score (nSPS) is 52.0. The monoisotopic (exact) mass is 129 g/mol. The molecule has 0 amide bonds. The van der Waals surface area contributed by atoms with E-state index in [1.807, 2.05) is 13.8 Å². The van der Waals surface area contributed by atoms with Gasteiger partial charge in [0.25, 0.3) is 0 Å². The molecule has 0 unspecified atom stereocenters. The molecule has 54 valence electrons. The van der Waals surface area contributed by atoms with Gasteiger partial charge in [0.1, 0.15) is 0 Å². The zero-order chi connectivity index (χ0) is 7.07. The van der Waals surface area contributed by atoms with E-state index in [2.05, 4.69) is 6.92 Å². The molecule has 0 saturated carbocycles. The molecule has 1 aliphatic heterocycles. The average molecular weight is 129 g/mol. The van der Waals surface area contributed by atoms with Crippen molar-refractivity contribution in [2.45, 2.75) is 44.9 Å². The fourth-order valence-electron chi connectivity index (χ4n) is 1.34. The summed E-state index contributed by atoms with van der Waals surface area (Å²) in [5.41, 5.74) is 5.79. The Morgan fingerprint density at radius 1 is 1.56 bits per heavy atom. The summed E-state index contributed by atoms with van der Waals surface area (Å²) in [6.07, 6.45) is 1.54. The molecule has 3 atom stereocenters. The van der Waals surface area contributed by atoms with E-state index in [1.54, 1.807) is 0 Å². The third-order valence-corrected chi connectivity index (χ3v) is 2.09. The Bertz CT molecular complexity index is 111. The molecule has 0 aromatic heterocycles. The number of hydrogen-bond donors (Lipinski definition) is 1. The van der Waals surface area contributed by atoms with E-state index < -0.39 is 0 Å². The van der Waals surface area contributed by atoms with Gasteiger partial charge in [-0.05, 0) is 27.2 Å². The molecule has 0 aromatic rings. The first-order chi connectivity index (χ1) is 4.02. The fourth-order valence-corrected chi connectivity index (χ4v) is 1.34. The van der Waals surface area contributed by atoms with Crippen LogP contribution >= 0.6 is 0 Å². The topological polar surface area (TPSA) is 35.2 Å². The maximum atomic E-state index is 5.89. The quantitative estimate of drug-likeness (QED) is 0.527. The van der Waals surface area contributed by atoms with E-state index in [0.29, 0.717) is 6.10 Å². The van der Waals surface area contributed by atoms with Crippen LogP contribution in [0.1, 0.15) is 27.2 Å². The van der Waals surface area contributed by atoms with Gasteiger partial charge in [0.05, 0.1) is 12.2 Å². The first-order valence-corrected chi connectivity index (χ1v) is 3.47. The second-order valence-electron chi connectivity index (χ2n) is 3.30. The molecule has 1 fully saturated rings. The van der Waals surface area contributed by atoms with Gasteiger partial charge in [-0.1, -0.05) is 0 Å². The standard InChI is InChI=1S/C7H15NO/c1-5-4-7(3,8)6(2)9-5/h5-6H,4,8H2,1-3H3/t5-,6-,7+/m1/s1. The molecule has 0 aromatic carbocycles. The minimum Gasteiger partial charge on any atom is -0.374 e. The third-order valence-electron chi connectivity index (χ3n) is 2.09. The average Bonchev–Trinajstić information content (AvgIpc) is 1.79. The van der Waals surface area contributed by atoms with Crippen LogP contribution in [0.3, 0.4) is 0 Å². The predicted molar refractivity (Wildman–Crippen MR) is 37.2 cm³/mol. The first kappa shape index (κ1) is 7.03. The number of ether oxygens (including phenoxy) is 1. The summed E-state index contributed by atoms with van der Waals surface area (Å²) >= 11 is 0.